The lowest BCUT2D eigenvalue weighted by molar-refractivity contribution is 0.0984. The van der Waals surface area contributed by atoms with Crippen LogP contribution in [-0.4, -0.2) is 22.6 Å². The molecule has 0 N–H and O–H groups in total. The van der Waals surface area contributed by atoms with E-state index in [1.165, 1.54) is 11.1 Å². The summed E-state index contributed by atoms with van der Waals surface area (Å²) >= 11 is 6.86. The molecule has 1 aliphatic heterocycles. The Morgan fingerprint density at radius 1 is 1.42 bits per heavy atom. The van der Waals surface area contributed by atoms with Crippen LogP contribution in [0.1, 0.15) is 27.3 Å². The van der Waals surface area contributed by atoms with Gasteiger partial charge in [0, 0.05) is 12.2 Å². The number of fused-ring (bicyclic) bond motifs is 1. The van der Waals surface area contributed by atoms with E-state index in [1.54, 1.807) is 4.90 Å². The summed E-state index contributed by atoms with van der Waals surface area (Å²) in [6, 6.07) is 6.17. The minimum atomic E-state index is -0.116. The fourth-order valence-corrected chi connectivity index (χ4v) is 3.12. The van der Waals surface area contributed by atoms with Crippen molar-refractivity contribution in [2.24, 2.45) is 0 Å². The number of halogens is 1. The summed E-state index contributed by atoms with van der Waals surface area (Å²) in [4.78, 5) is 14.2. The summed E-state index contributed by atoms with van der Waals surface area (Å²) in [5, 5.41) is 7.86. The van der Waals surface area contributed by atoms with E-state index in [-0.39, 0.29) is 5.91 Å². The highest BCUT2D eigenvalue weighted by Gasteiger charge is 2.26. The molecule has 19 heavy (non-hydrogen) atoms. The average Bonchev–Trinajstić information content (AvgIpc) is 2.83. The third kappa shape index (κ3) is 2.35. The number of rotatable bonds is 1. The number of carbonyl (C=O) groups is 1. The van der Waals surface area contributed by atoms with Crippen molar-refractivity contribution in [2.75, 3.05) is 11.4 Å². The lowest BCUT2D eigenvalue weighted by Crippen LogP contribution is -2.35. The van der Waals surface area contributed by atoms with Crippen LogP contribution in [0.25, 0.3) is 0 Å². The molecule has 0 fully saturated rings. The average molecular weight is 294 g/mol. The maximum atomic E-state index is 12.4. The minimum absolute atomic E-state index is 0.116. The van der Waals surface area contributed by atoms with E-state index < -0.39 is 0 Å². The zero-order valence-corrected chi connectivity index (χ0v) is 12.0. The SMILES string of the molecule is Cc1ccc2c(c1)CCCN2C(=O)c1nnc(Cl)s1. The molecule has 1 aliphatic rings. The van der Waals surface area contributed by atoms with Gasteiger partial charge in [-0.25, -0.2) is 0 Å². The van der Waals surface area contributed by atoms with E-state index in [9.17, 15) is 4.79 Å². The van der Waals surface area contributed by atoms with Crippen LogP contribution < -0.4 is 4.90 Å². The number of hydrogen-bond acceptors (Lipinski definition) is 4. The standard InChI is InChI=1S/C13H12ClN3OS/c1-8-4-5-10-9(7-8)3-2-6-17(10)12(18)11-15-16-13(14)19-11/h4-5,7H,2-3,6H2,1H3. The molecule has 0 atom stereocenters. The van der Waals surface area contributed by atoms with Gasteiger partial charge in [-0.1, -0.05) is 29.0 Å². The molecule has 2 aromatic rings. The molecular formula is C13H12ClN3OS. The van der Waals surface area contributed by atoms with Crippen LogP contribution in [-0.2, 0) is 6.42 Å². The summed E-state index contributed by atoms with van der Waals surface area (Å²) in [6.07, 6.45) is 1.98. The van der Waals surface area contributed by atoms with Gasteiger partial charge in [0.15, 0.2) is 0 Å². The molecule has 0 radical (unpaired) electrons. The summed E-state index contributed by atoms with van der Waals surface area (Å²) in [5.74, 6) is -0.116. The van der Waals surface area contributed by atoms with Crippen LogP contribution in [0.3, 0.4) is 0 Å². The van der Waals surface area contributed by atoms with E-state index in [1.807, 2.05) is 12.1 Å². The molecule has 0 bridgehead atoms. The van der Waals surface area contributed by atoms with E-state index in [0.717, 1.165) is 29.9 Å². The predicted molar refractivity (Wildman–Crippen MR) is 76.1 cm³/mol. The summed E-state index contributed by atoms with van der Waals surface area (Å²) < 4.78 is 0.296. The smallest absolute Gasteiger partial charge is 0.289 e. The first-order chi connectivity index (χ1) is 9.15. The van der Waals surface area contributed by atoms with E-state index in [4.69, 9.17) is 11.6 Å². The van der Waals surface area contributed by atoms with Gasteiger partial charge in [-0.2, -0.15) is 0 Å². The molecule has 1 aromatic heterocycles. The number of anilines is 1. The lowest BCUT2D eigenvalue weighted by Gasteiger charge is -2.28. The third-order valence-corrected chi connectivity index (χ3v) is 4.19. The fraction of sp³-hybridized carbons (Fsp3) is 0.308. The number of aromatic nitrogens is 2. The third-order valence-electron chi connectivity index (χ3n) is 3.18. The van der Waals surface area contributed by atoms with Gasteiger partial charge in [0.25, 0.3) is 5.91 Å². The molecule has 0 saturated carbocycles. The minimum Gasteiger partial charge on any atom is -0.306 e. The van der Waals surface area contributed by atoms with Crippen molar-refractivity contribution in [3.05, 3.63) is 38.8 Å². The van der Waals surface area contributed by atoms with Crippen molar-refractivity contribution in [3.63, 3.8) is 0 Å². The first-order valence-electron chi connectivity index (χ1n) is 6.05. The Balaban J connectivity index is 1.97. The van der Waals surface area contributed by atoms with Crippen LogP contribution >= 0.6 is 22.9 Å². The molecule has 1 amide bonds. The first kappa shape index (κ1) is 12.6. The topological polar surface area (TPSA) is 46.1 Å². The van der Waals surface area contributed by atoms with Crippen molar-refractivity contribution in [1.29, 1.82) is 0 Å². The largest absolute Gasteiger partial charge is 0.306 e. The summed E-state index contributed by atoms with van der Waals surface area (Å²) in [7, 11) is 0. The second-order valence-electron chi connectivity index (χ2n) is 4.55. The molecule has 98 valence electrons. The van der Waals surface area contributed by atoms with Gasteiger partial charge in [-0.15, -0.1) is 10.2 Å². The van der Waals surface area contributed by atoms with E-state index >= 15 is 0 Å². The first-order valence-corrected chi connectivity index (χ1v) is 7.25. The Kier molecular flexibility index (Phi) is 3.24. The van der Waals surface area contributed by atoms with Gasteiger partial charge in [-0.05, 0) is 43.0 Å². The molecule has 0 spiro atoms. The number of aryl methyl sites for hydroxylation is 2. The molecule has 1 aromatic carbocycles. The van der Waals surface area contributed by atoms with Gasteiger partial charge in [0.1, 0.15) is 0 Å². The lowest BCUT2D eigenvalue weighted by atomic mass is 9.99. The summed E-state index contributed by atoms with van der Waals surface area (Å²) in [5.41, 5.74) is 3.41. The molecule has 0 unspecified atom stereocenters. The van der Waals surface area contributed by atoms with Crippen LogP contribution in [0.15, 0.2) is 18.2 Å². The number of hydrogen-bond donors (Lipinski definition) is 0. The summed E-state index contributed by atoms with van der Waals surface area (Å²) in [6.45, 7) is 2.78. The number of benzene rings is 1. The zero-order valence-electron chi connectivity index (χ0n) is 10.4. The predicted octanol–water partition coefficient (Wildman–Crippen LogP) is 3.09. The van der Waals surface area contributed by atoms with Gasteiger partial charge in [-0.3, -0.25) is 4.79 Å². The Morgan fingerprint density at radius 3 is 3.00 bits per heavy atom. The second-order valence-corrected chi connectivity index (χ2v) is 6.11. The molecular weight excluding hydrogens is 282 g/mol. The second kappa shape index (κ2) is 4.90. The van der Waals surface area contributed by atoms with E-state index in [2.05, 4.69) is 23.2 Å². The van der Waals surface area contributed by atoms with Crippen LogP contribution in [0.5, 0.6) is 0 Å². The van der Waals surface area contributed by atoms with Gasteiger partial charge < -0.3 is 4.90 Å². The molecule has 3 rings (SSSR count). The van der Waals surface area contributed by atoms with Crippen molar-refractivity contribution in [2.45, 2.75) is 19.8 Å². The highest BCUT2D eigenvalue weighted by molar-refractivity contribution is 7.17. The van der Waals surface area contributed by atoms with Crippen LogP contribution in [0.4, 0.5) is 5.69 Å². The molecule has 0 saturated heterocycles. The van der Waals surface area contributed by atoms with Gasteiger partial charge in [0.2, 0.25) is 9.47 Å². The highest BCUT2D eigenvalue weighted by Crippen LogP contribution is 2.30. The highest BCUT2D eigenvalue weighted by atomic mass is 35.5. The number of amides is 1. The van der Waals surface area contributed by atoms with Crippen LogP contribution in [0, 0.1) is 6.92 Å². The van der Waals surface area contributed by atoms with Gasteiger partial charge >= 0.3 is 0 Å². The van der Waals surface area contributed by atoms with Gasteiger partial charge in [0.05, 0.1) is 0 Å². The fourth-order valence-electron chi connectivity index (χ4n) is 2.34. The Labute approximate surface area is 120 Å². The Bertz CT molecular complexity index is 641. The molecule has 2 heterocycles. The molecule has 6 heteroatoms. The quantitative estimate of drug-likeness (QED) is 0.812. The zero-order chi connectivity index (χ0) is 13.4. The maximum absolute atomic E-state index is 12.4. The molecule has 4 nitrogen and oxygen atoms in total. The van der Waals surface area contributed by atoms with E-state index in [0.29, 0.717) is 16.0 Å². The Hall–Kier alpha value is -1.46. The number of carbonyl (C=O) groups excluding carboxylic acids is 1. The number of nitrogens with zero attached hydrogens (tertiary/aromatic N) is 3. The van der Waals surface area contributed by atoms with Crippen molar-refractivity contribution >= 4 is 34.5 Å². The van der Waals surface area contributed by atoms with Crippen molar-refractivity contribution in [3.8, 4) is 0 Å². The van der Waals surface area contributed by atoms with Crippen LogP contribution in [0.2, 0.25) is 4.47 Å². The maximum Gasteiger partial charge on any atom is 0.289 e. The van der Waals surface area contributed by atoms with Crippen molar-refractivity contribution < 1.29 is 4.79 Å². The molecule has 0 aliphatic carbocycles. The van der Waals surface area contributed by atoms with Crippen molar-refractivity contribution in [1.82, 2.24) is 10.2 Å². The monoisotopic (exact) mass is 293 g/mol. The Morgan fingerprint density at radius 2 is 2.26 bits per heavy atom. The normalized spacial score (nSPS) is 14.3.